The second-order valence-corrected chi connectivity index (χ2v) is 18.7. The highest BCUT2D eigenvalue weighted by molar-refractivity contribution is 6.92. The summed E-state index contributed by atoms with van der Waals surface area (Å²) in [6.07, 6.45) is 4.13. The van der Waals surface area contributed by atoms with Crippen LogP contribution in [0.4, 0.5) is 0 Å². The third kappa shape index (κ3) is 6.16. The molecule has 2 atom stereocenters. The summed E-state index contributed by atoms with van der Waals surface area (Å²) >= 11 is 0. The molecule has 0 saturated heterocycles. The highest BCUT2D eigenvalue weighted by Gasteiger charge is 2.44. The normalized spacial score (nSPS) is 15.1. The molecule has 47 heavy (non-hydrogen) atoms. The van der Waals surface area contributed by atoms with Crippen molar-refractivity contribution in [2.45, 2.75) is 77.9 Å². The molecule has 0 amide bonds. The average molecular weight is 635 g/mol. The molecule has 0 heterocycles. The third-order valence-electron chi connectivity index (χ3n) is 10.8. The molecule has 1 nitrogen and oxygen atoms in total. The van der Waals surface area contributed by atoms with Crippen LogP contribution in [0.1, 0.15) is 85.7 Å². The quantitative estimate of drug-likeness (QED) is 0.104. The third-order valence-corrected chi connectivity index (χ3v) is 14.6. The number of hydrogen-bond donors (Lipinski definition) is 0. The fourth-order valence-corrected chi connectivity index (χ4v) is 11.3. The number of para-hydroxylation sites is 1. The number of fused-ring (bicyclic) bond motifs is 3. The lowest BCUT2D eigenvalue weighted by molar-refractivity contribution is 0.363. The van der Waals surface area contributed by atoms with Crippen molar-refractivity contribution in [2.75, 3.05) is 6.61 Å². The molecule has 5 aromatic carbocycles. The average Bonchev–Trinajstić information content (AvgIpc) is 3.44. The highest BCUT2D eigenvalue weighted by atomic mass is 28.3. The van der Waals surface area contributed by atoms with Gasteiger partial charge in [0.05, 0.1) is 8.07 Å². The molecule has 1 aliphatic carbocycles. The Morgan fingerprint density at radius 1 is 0.681 bits per heavy atom. The number of ether oxygens (including phenoxy) is 1. The van der Waals surface area contributed by atoms with E-state index in [1.54, 1.807) is 0 Å². The van der Waals surface area contributed by atoms with Crippen LogP contribution in [0.25, 0.3) is 33.4 Å². The molecular formula is C45H50OSi. The summed E-state index contributed by atoms with van der Waals surface area (Å²) in [4.78, 5) is 0. The van der Waals surface area contributed by atoms with Crippen molar-refractivity contribution in [3.05, 3.63) is 144 Å². The van der Waals surface area contributed by atoms with E-state index in [1.807, 2.05) is 6.08 Å². The zero-order chi connectivity index (χ0) is 33.3. The summed E-state index contributed by atoms with van der Waals surface area (Å²) < 4.78 is 6.43. The first kappa shape index (κ1) is 32.8. The number of rotatable bonds is 11. The van der Waals surface area contributed by atoms with Crippen LogP contribution in [-0.2, 0) is 0 Å². The van der Waals surface area contributed by atoms with Gasteiger partial charge in [0.15, 0.2) is 0 Å². The molecule has 0 fully saturated rings. The summed E-state index contributed by atoms with van der Waals surface area (Å²) in [5.74, 6) is 2.12. The van der Waals surface area contributed by atoms with Crippen LogP contribution in [0.5, 0.6) is 5.75 Å². The maximum Gasteiger partial charge on any atom is 0.121 e. The second-order valence-electron chi connectivity index (χ2n) is 14.2. The van der Waals surface area contributed by atoms with Crippen molar-refractivity contribution in [3.8, 4) is 39.1 Å². The molecule has 0 aromatic heterocycles. The Morgan fingerprint density at radius 2 is 1.17 bits per heavy atom. The first-order chi connectivity index (χ1) is 22.7. The van der Waals surface area contributed by atoms with Gasteiger partial charge in [-0.1, -0.05) is 157 Å². The van der Waals surface area contributed by atoms with Gasteiger partial charge in [-0.3, -0.25) is 0 Å². The number of aryl methyl sites for hydroxylation is 1. The lowest BCUT2D eigenvalue weighted by Crippen LogP contribution is -2.48. The van der Waals surface area contributed by atoms with Gasteiger partial charge in [0.25, 0.3) is 0 Å². The Bertz CT molecular complexity index is 1810. The number of benzene rings is 5. The van der Waals surface area contributed by atoms with Crippen molar-refractivity contribution < 1.29 is 4.74 Å². The zero-order valence-corrected chi connectivity index (χ0v) is 30.4. The minimum absolute atomic E-state index is 0.274. The molecule has 0 bridgehead atoms. The monoisotopic (exact) mass is 634 g/mol. The van der Waals surface area contributed by atoms with Crippen molar-refractivity contribution in [1.29, 1.82) is 0 Å². The predicted octanol–water partition coefficient (Wildman–Crippen LogP) is 12.2. The smallest absolute Gasteiger partial charge is 0.121 e. The van der Waals surface area contributed by atoms with Crippen LogP contribution in [0.3, 0.4) is 0 Å². The summed E-state index contributed by atoms with van der Waals surface area (Å²) in [7, 11) is -2.25. The standard InChI is InChI=1S/C45H50OSi/c1-9-25-46-44-32(6)15-12-20-43(44)47(7,8)45-41-28-37(35-18-13-16-33(26-35)30(4)10-2)21-23-39(41)40-24-22-38(29-42(40)45)36-19-14-17-34(27-36)31(5)11-3/h9,12-24,26-31,45H,1,10-11,25H2,2-8H3. The van der Waals surface area contributed by atoms with E-state index in [2.05, 4.69) is 157 Å². The molecule has 240 valence electrons. The van der Waals surface area contributed by atoms with E-state index in [0.717, 1.165) is 18.6 Å². The lowest BCUT2D eigenvalue weighted by Gasteiger charge is -2.34. The lowest BCUT2D eigenvalue weighted by atomic mass is 9.93. The highest BCUT2D eigenvalue weighted by Crippen LogP contribution is 2.51. The van der Waals surface area contributed by atoms with Gasteiger partial charge in [0, 0.05) is 5.54 Å². The van der Waals surface area contributed by atoms with Crippen LogP contribution in [0.15, 0.2) is 116 Å². The van der Waals surface area contributed by atoms with E-state index in [4.69, 9.17) is 4.74 Å². The van der Waals surface area contributed by atoms with Crippen molar-refractivity contribution >= 4 is 13.3 Å². The zero-order valence-electron chi connectivity index (χ0n) is 29.4. The fraction of sp³-hybridized carbons (Fsp3) is 0.289. The maximum atomic E-state index is 6.43. The van der Waals surface area contributed by atoms with Crippen LogP contribution >= 0.6 is 0 Å². The van der Waals surface area contributed by atoms with Crippen LogP contribution in [0.2, 0.25) is 13.1 Å². The van der Waals surface area contributed by atoms with E-state index < -0.39 is 8.07 Å². The van der Waals surface area contributed by atoms with Gasteiger partial charge in [-0.2, -0.15) is 0 Å². The minimum Gasteiger partial charge on any atom is -0.489 e. The minimum atomic E-state index is -2.25. The predicted molar refractivity (Wildman–Crippen MR) is 206 cm³/mol. The molecule has 0 radical (unpaired) electrons. The van der Waals surface area contributed by atoms with E-state index >= 15 is 0 Å². The summed E-state index contributed by atoms with van der Waals surface area (Å²) in [6, 6.07) is 39.5. The molecule has 6 rings (SSSR count). The molecule has 0 N–H and O–H groups in total. The van der Waals surface area contributed by atoms with Gasteiger partial charge in [-0.15, -0.1) is 0 Å². The Balaban J connectivity index is 1.54. The second kappa shape index (κ2) is 13.5. The van der Waals surface area contributed by atoms with Crippen LogP contribution < -0.4 is 9.92 Å². The van der Waals surface area contributed by atoms with Crippen LogP contribution in [-0.4, -0.2) is 14.7 Å². The Hall–Kier alpha value is -4.14. The Kier molecular flexibility index (Phi) is 9.44. The number of hydrogen-bond acceptors (Lipinski definition) is 1. The molecule has 2 heteroatoms. The molecule has 0 spiro atoms. The van der Waals surface area contributed by atoms with Crippen molar-refractivity contribution in [3.63, 3.8) is 0 Å². The maximum absolute atomic E-state index is 6.43. The topological polar surface area (TPSA) is 9.23 Å². The first-order valence-corrected chi connectivity index (χ1v) is 20.6. The molecule has 5 aromatic rings. The van der Waals surface area contributed by atoms with Crippen LogP contribution in [0, 0.1) is 6.92 Å². The van der Waals surface area contributed by atoms with Crippen molar-refractivity contribution in [1.82, 2.24) is 0 Å². The van der Waals surface area contributed by atoms with Gasteiger partial charge in [-0.05, 0) is 98.0 Å². The van der Waals surface area contributed by atoms with Gasteiger partial charge < -0.3 is 4.74 Å². The van der Waals surface area contributed by atoms with E-state index in [9.17, 15) is 0 Å². The van der Waals surface area contributed by atoms with E-state index in [1.165, 1.54) is 66.4 Å². The van der Waals surface area contributed by atoms with Gasteiger partial charge >= 0.3 is 0 Å². The summed E-state index contributed by atoms with van der Waals surface area (Å²) in [5, 5.41) is 1.37. The first-order valence-electron chi connectivity index (χ1n) is 17.5. The van der Waals surface area contributed by atoms with Gasteiger partial charge in [0.2, 0.25) is 0 Å². The van der Waals surface area contributed by atoms with Gasteiger partial charge in [0.1, 0.15) is 12.4 Å². The summed E-state index contributed by atoms with van der Waals surface area (Å²) in [5.41, 5.74) is 15.1. The largest absolute Gasteiger partial charge is 0.489 e. The Morgan fingerprint density at radius 3 is 1.66 bits per heavy atom. The molecular weight excluding hydrogens is 585 g/mol. The summed E-state index contributed by atoms with van der Waals surface area (Å²) in [6.45, 7) is 20.9. The molecule has 0 aliphatic heterocycles. The molecule has 0 saturated carbocycles. The van der Waals surface area contributed by atoms with E-state index in [-0.39, 0.29) is 5.54 Å². The van der Waals surface area contributed by atoms with Gasteiger partial charge in [-0.25, -0.2) is 0 Å². The molecule has 1 aliphatic rings. The fourth-order valence-electron chi connectivity index (χ4n) is 7.57. The SMILES string of the molecule is C=CCOc1c(C)cccc1[Si](C)(C)C1c2cc(-c3cccc(C(C)CC)c3)ccc2-c2ccc(-c3cccc(C(C)CC)c3)cc21. The molecule has 2 unspecified atom stereocenters. The van der Waals surface area contributed by atoms with E-state index in [0.29, 0.717) is 18.4 Å². The Labute approximate surface area is 284 Å². The van der Waals surface area contributed by atoms with Crippen molar-refractivity contribution in [2.24, 2.45) is 0 Å².